The van der Waals surface area contributed by atoms with Crippen molar-refractivity contribution in [3.63, 3.8) is 0 Å². The second-order valence-electron chi connectivity index (χ2n) is 7.38. The molecule has 0 radical (unpaired) electrons. The molecule has 1 aromatic heterocycles. The van der Waals surface area contributed by atoms with E-state index in [2.05, 4.69) is 0 Å². The van der Waals surface area contributed by atoms with E-state index in [-0.39, 0.29) is 5.91 Å². The van der Waals surface area contributed by atoms with E-state index in [9.17, 15) is 9.59 Å². The molecule has 0 saturated carbocycles. The summed E-state index contributed by atoms with van der Waals surface area (Å²) in [5.74, 6) is 0.416. The van der Waals surface area contributed by atoms with Crippen molar-refractivity contribution in [1.82, 2.24) is 4.90 Å². The third-order valence-electron chi connectivity index (χ3n) is 5.28. The fraction of sp³-hybridized carbons (Fsp3) is 0.304. The van der Waals surface area contributed by atoms with E-state index in [1.165, 1.54) is 6.07 Å². The highest BCUT2D eigenvalue weighted by atomic mass is 35.5. The first-order valence-electron chi connectivity index (χ1n) is 9.92. The number of hydrogen-bond acceptors (Lipinski definition) is 4. The molecule has 156 valence electrons. The topological polar surface area (TPSA) is 59.8 Å². The van der Waals surface area contributed by atoms with E-state index in [0.717, 1.165) is 32.4 Å². The number of ether oxygens (including phenoxy) is 1. The van der Waals surface area contributed by atoms with E-state index in [4.69, 9.17) is 32.4 Å². The van der Waals surface area contributed by atoms with Gasteiger partial charge in [-0.25, -0.2) is 4.79 Å². The van der Waals surface area contributed by atoms with Crippen molar-refractivity contribution in [3.8, 4) is 16.9 Å². The number of rotatable bonds is 4. The van der Waals surface area contributed by atoms with Gasteiger partial charge in [0.25, 0.3) is 5.91 Å². The Kier molecular flexibility index (Phi) is 6.02. The van der Waals surface area contributed by atoms with Gasteiger partial charge in [0.2, 0.25) is 0 Å². The van der Waals surface area contributed by atoms with Crippen LogP contribution in [0.15, 0.2) is 51.7 Å². The molecule has 0 bridgehead atoms. The Morgan fingerprint density at radius 3 is 2.47 bits per heavy atom. The normalized spacial score (nSPS) is 15.2. The average molecular weight is 446 g/mol. The Hall–Kier alpha value is -2.50. The molecule has 1 aliphatic heterocycles. The van der Waals surface area contributed by atoms with Crippen molar-refractivity contribution in [1.29, 1.82) is 0 Å². The van der Waals surface area contributed by atoms with Crippen LogP contribution in [0.5, 0.6) is 5.75 Å². The molecule has 0 aliphatic carbocycles. The van der Waals surface area contributed by atoms with Gasteiger partial charge in [-0.1, -0.05) is 29.3 Å². The molecule has 5 nitrogen and oxygen atoms in total. The summed E-state index contributed by atoms with van der Waals surface area (Å²) in [4.78, 5) is 26.7. The summed E-state index contributed by atoms with van der Waals surface area (Å²) in [7, 11) is 0. The molecule has 3 aromatic rings. The molecular weight excluding hydrogens is 425 g/mol. The minimum absolute atomic E-state index is 0.0344. The number of carbonyl (C=O) groups is 1. The van der Waals surface area contributed by atoms with Crippen molar-refractivity contribution in [2.45, 2.75) is 32.3 Å². The lowest BCUT2D eigenvalue weighted by molar-refractivity contribution is -0.138. The van der Waals surface area contributed by atoms with Crippen molar-refractivity contribution in [2.75, 3.05) is 13.1 Å². The summed E-state index contributed by atoms with van der Waals surface area (Å²) in [5.41, 5.74) is 0.966. The minimum Gasteiger partial charge on any atom is -0.481 e. The van der Waals surface area contributed by atoms with Gasteiger partial charge in [0.1, 0.15) is 11.3 Å². The van der Waals surface area contributed by atoms with E-state index in [1.807, 2.05) is 4.90 Å². The molecule has 2 heterocycles. The van der Waals surface area contributed by atoms with Crippen molar-refractivity contribution in [3.05, 3.63) is 62.9 Å². The molecule has 1 aliphatic rings. The number of halogens is 2. The molecule has 1 fully saturated rings. The average Bonchev–Trinajstić information content (AvgIpc) is 2.73. The number of carbonyl (C=O) groups excluding carboxylic acids is 1. The molecule has 1 amide bonds. The van der Waals surface area contributed by atoms with Crippen LogP contribution in [0, 0.1) is 0 Å². The molecule has 1 atom stereocenters. The van der Waals surface area contributed by atoms with Crippen molar-refractivity contribution < 1.29 is 13.9 Å². The highest BCUT2D eigenvalue weighted by molar-refractivity contribution is 6.39. The van der Waals surface area contributed by atoms with Gasteiger partial charge in [-0.2, -0.15) is 0 Å². The maximum Gasteiger partial charge on any atom is 0.336 e. The molecule has 30 heavy (non-hydrogen) atoms. The largest absolute Gasteiger partial charge is 0.481 e. The van der Waals surface area contributed by atoms with Gasteiger partial charge in [-0.05, 0) is 50.5 Å². The highest BCUT2D eigenvalue weighted by Gasteiger charge is 2.24. The van der Waals surface area contributed by atoms with Crippen LogP contribution >= 0.6 is 23.2 Å². The van der Waals surface area contributed by atoms with Crippen LogP contribution in [-0.2, 0) is 4.79 Å². The van der Waals surface area contributed by atoms with Gasteiger partial charge in [0, 0.05) is 51.8 Å². The summed E-state index contributed by atoms with van der Waals surface area (Å²) < 4.78 is 11.3. The zero-order valence-electron chi connectivity index (χ0n) is 16.5. The Morgan fingerprint density at radius 1 is 1.07 bits per heavy atom. The lowest BCUT2D eigenvalue weighted by atomic mass is 10.0. The van der Waals surface area contributed by atoms with Crippen LogP contribution in [-0.4, -0.2) is 30.0 Å². The minimum atomic E-state index is -0.631. The van der Waals surface area contributed by atoms with Gasteiger partial charge in [-0.15, -0.1) is 0 Å². The summed E-state index contributed by atoms with van der Waals surface area (Å²) in [5, 5.41) is 1.55. The Balaban J connectivity index is 1.67. The monoisotopic (exact) mass is 445 g/mol. The van der Waals surface area contributed by atoms with E-state index in [1.54, 1.807) is 43.3 Å². The molecule has 1 unspecified atom stereocenters. The molecule has 2 aromatic carbocycles. The Labute approximate surface area is 184 Å². The third-order valence-corrected chi connectivity index (χ3v) is 5.91. The smallest absolute Gasteiger partial charge is 0.336 e. The number of amides is 1. The number of fused-ring (bicyclic) bond motifs is 1. The van der Waals surface area contributed by atoms with Crippen LogP contribution in [0.3, 0.4) is 0 Å². The molecule has 7 heteroatoms. The summed E-state index contributed by atoms with van der Waals surface area (Å²) >= 11 is 12.7. The lowest BCUT2D eigenvalue weighted by Gasteiger charge is -2.29. The van der Waals surface area contributed by atoms with Gasteiger partial charge < -0.3 is 14.1 Å². The zero-order chi connectivity index (χ0) is 21.3. The predicted octanol–water partition coefficient (Wildman–Crippen LogP) is 5.55. The van der Waals surface area contributed by atoms with Crippen LogP contribution < -0.4 is 10.4 Å². The number of benzene rings is 2. The van der Waals surface area contributed by atoms with Gasteiger partial charge in [0.05, 0.1) is 0 Å². The van der Waals surface area contributed by atoms with Crippen LogP contribution in [0.25, 0.3) is 22.1 Å². The fourth-order valence-electron chi connectivity index (χ4n) is 3.80. The number of nitrogens with zero attached hydrogens (tertiary/aromatic N) is 1. The van der Waals surface area contributed by atoms with Gasteiger partial charge in [-0.3, -0.25) is 4.79 Å². The number of likely N-dealkylation sites (tertiary alicyclic amines) is 1. The van der Waals surface area contributed by atoms with Crippen molar-refractivity contribution in [2.24, 2.45) is 0 Å². The Morgan fingerprint density at radius 2 is 1.77 bits per heavy atom. The number of piperidine rings is 1. The van der Waals surface area contributed by atoms with E-state index >= 15 is 0 Å². The zero-order valence-corrected chi connectivity index (χ0v) is 18.0. The molecule has 4 rings (SSSR count). The third kappa shape index (κ3) is 4.18. The molecule has 0 N–H and O–H groups in total. The van der Waals surface area contributed by atoms with E-state index < -0.39 is 11.7 Å². The standard InChI is InChI=1S/C23H21Cl2NO4/c1-14(23(28)26-10-3-2-4-11-26)29-15-8-9-16-17(13-21(27)30-20(16)12-15)22-18(24)6-5-7-19(22)25/h5-9,12-14H,2-4,10-11H2,1H3. The van der Waals surface area contributed by atoms with Crippen molar-refractivity contribution >= 4 is 40.1 Å². The number of hydrogen-bond donors (Lipinski definition) is 0. The van der Waals surface area contributed by atoms with Crippen LogP contribution in [0.4, 0.5) is 0 Å². The Bertz CT molecular complexity index is 1130. The summed E-state index contributed by atoms with van der Waals surface area (Å²) in [6.07, 6.45) is 2.56. The SMILES string of the molecule is CC(Oc1ccc2c(-c3c(Cl)cccc3Cl)cc(=O)oc2c1)C(=O)N1CCCCC1. The molecular formula is C23H21Cl2NO4. The predicted molar refractivity (Wildman–Crippen MR) is 118 cm³/mol. The summed E-state index contributed by atoms with van der Waals surface area (Å²) in [6.45, 7) is 3.26. The first-order valence-corrected chi connectivity index (χ1v) is 10.7. The molecule has 0 spiro atoms. The quantitative estimate of drug-likeness (QED) is 0.494. The summed E-state index contributed by atoms with van der Waals surface area (Å²) in [6, 6.07) is 11.7. The maximum absolute atomic E-state index is 12.6. The van der Waals surface area contributed by atoms with Gasteiger partial charge >= 0.3 is 5.63 Å². The highest BCUT2D eigenvalue weighted by Crippen LogP contribution is 2.38. The lowest BCUT2D eigenvalue weighted by Crippen LogP contribution is -2.43. The fourth-order valence-corrected chi connectivity index (χ4v) is 4.41. The second kappa shape index (κ2) is 8.70. The first-order chi connectivity index (χ1) is 14.4. The van der Waals surface area contributed by atoms with Gasteiger partial charge in [0.15, 0.2) is 6.10 Å². The van der Waals surface area contributed by atoms with E-state index in [0.29, 0.717) is 37.9 Å². The second-order valence-corrected chi connectivity index (χ2v) is 8.19. The maximum atomic E-state index is 12.6. The van der Waals surface area contributed by atoms with Crippen LogP contribution in [0.1, 0.15) is 26.2 Å². The molecule has 1 saturated heterocycles. The van der Waals surface area contributed by atoms with Crippen LogP contribution in [0.2, 0.25) is 10.0 Å². The first kappa shape index (κ1) is 20.8.